The number of urea groups is 1. The van der Waals surface area contributed by atoms with E-state index in [-0.39, 0.29) is 11.9 Å². The van der Waals surface area contributed by atoms with Crippen molar-refractivity contribution >= 4 is 17.6 Å². The van der Waals surface area contributed by atoms with Crippen molar-refractivity contribution in [2.24, 2.45) is 5.92 Å². The number of aromatic nitrogens is 1. The fourth-order valence-electron chi connectivity index (χ4n) is 2.93. The van der Waals surface area contributed by atoms with Gasteiger partial charge in [0.1, 0.15) is 12.3 Å². The maximum absolute atomic E-state index is 12.7. The number of carbonyl (C=O) groups excluding carboxylic acids is 2. The first-order valence-electron chi connectivity index (χ1n) is 8.40. The standard InChI is InChI=1S/C18H22N4O3/c1-12(2)10-15-16(23)19-6-8-22(15)18(24)21-14-5-3-4-13(11-14)17-20-7-9-25-17/h3-5,7,9,11-12,15H,6,8,10H2,1-2H3,(H,19,23)(H,21,24). The second-order valence-corrected chi connectivity index (χ2v) is 6.48. The van der Waals surface area contributed by atoms with Crippen LogP contribution in [0.5, 0.6) is 0 Å². The molecule has 2 aromatic rings. The summed E-state index contributed by atoms with van der Waals surface area (Å²) in [4.78, 5) is 30.6. The summed E-state index contributed by atoms with van der Waals surface area (Å²) in [5.74, 6) is 0.715. The van der Waals surface area contributed by atoms with Crippen LogP contribution in [0.1, 0.15) is 20.3 Å². The number of carbonyl (C=O) groups is 2. The van der Waals surface area contributed by atoms with E-state index in [9.17, 15) is 9.59 Å². The quantitative estimate of drug-likeness (QED) is 0.894. The molecule has 1 fully saturated rings. The molecule has 25 heavy (non-hydrogen) atoms. The Morgan fingerprint density at radius 2 is 2.32 bits per heavy atom. The first kappa shape index (κ1) is 17.0. The summed E-state index contributed by atoms with van der Waals surface area (Å²) in [6.45, 7) is 5.04. The molecular weight excluding hydrogens is 320 g/mol. The van der Waals surface area contributed by atoms with Crippen LogP contribution in [0.2, 0.25) is 0 Å². The highest BCUT2D eigenvalue weighted by atomic mass is 16.3. The minimum atomic E-state index is -0.441. The first-order valence-corrected chi connectivity index (χ1v) is 8.40. The van der Waals surface area contributed by atoms with Gasteiger partial charge in [0, 0.05) is 24.3 Å². The van der Waals surface area contributed by atoms with Crippen molar-refractivity contribution in [1.29, 1.82) is 0 Å². The summed E-state index contributed by atoms with van der Waals surface area (Å²) < 4.78 is 5.28. The van der Waals surface area contributed by atoms with Gasteiger partial charge in [-0.1, -0.05) is 19.9 Å². The Hall–Kier alpha value is -2.83. The smallest absolute Gasteiger partial charge is 0.322 e. The molecule has 0 saturated carbocycles. The van der Waals surface area contributed by atoms with E-state index in [1.54, 1.807) is 23.2 Å². The highest BCUT2D eigenvalue weighted by Gasteiger charge is 2.33. The van der Waals surface area contributed by atoms with Gasteiger partial charge in [0.05, 0.1) is 6.20 Å². The van der Waals surface area contributed by atoms with Gasteiger partial charge in [0.15, 0.2) is 0 Å². The highest BCUT2D eigenvalue weighted by Crippen LogP contribution is 2.22. The molecule has 0 aliphatic carbocycles. The van der Waals surface area contributed by atoms with Gasteiger partial charge in [-0.15, -0.1) is 0 Å². The lowest BCUT2D eigenvalue weighted by molar-refractivity contribution is -0.128. The summed E-state index contributed by atoms with van der Waals surface area (Å²) >= 11 is 0. The summed E-state index contributed by atoms with van der Waals surface area (Å²) in [6, 6.07) is 6.56. The summed E-state index contributed by atoms with van der Waals surface area (Å²) in [6.07, 6.45) is 3.71. The van der Waals surface area contributed by atoms with E-state index < -0.39 is 6.04 Å². The lowest BCUT2D eigenvalue weighted by Crippen LogP contribution is -2.58. The summed E-state index contributed by atoms with van der Waals surface area (Å²) in [7, 11) is 0. The molecule has 2 N–H and O–H groups in total. The average Bonchev–Trinajstić information content (AvgIpc) is 3.11. The molecule has 0 bridgehead atoms. The fourth-order valence-corrected chi connectivity index (χ4v) is 2.93. The number of rotatable bonds is 4. The lowest BCUT2D eigenvalue weighted by Gasteiger charge is -2.35. The second kappa shape index (κ2) is 7.38. The third kappa shape index (κ3) is 3.99. The Morgan fingerprint density at radius 1 is 1.48 bits per heavy atom. The van der Waals surface area contributed by atoms with E-state index in [1.807, 2.05) is 26.0 Å². The molecule has 3 rings (SSSR count). The van der Waals surface area contributed by atoms with E-state index in [1.165, 1.54) is 6.26 Å². The van der Waals surface area contributed by atoms with Crippen molar-refractivity contribution in [3.8, 4) is 11.5 Å². The van der Waals surface area contributed by atoms with Crippen LogP contribution < -0.4 is 10.6 Å². The van der Waals surface area contributed by atoms with E-state index >= 15 is 0 Å². The van der Waals surface area contributed by atoms with Crippen molar-refractivity contribution in [1.82, 2.24) is 15.2 Å². The van der Waals surface area contributed by atoms with Crippen LogP contribution in [-0.2, 0) is 4.79 Å². The number of oxazole rings is 1. The summed E-state index contributed by atoms with van der Waals surface area (Å²) in [5, 5.41) is 5.71. The normalized spacial score (nSPS) is 17.5. The third-order valence-electron chi connectivity index (χ3n) is 4.08. The Labute approximate surface area is 146 Å². The third-order valence-corrected chi connectivity index (χ3v) is 4.08. The zero-order valence-corrected chi connectivity index (χ0v) is 14.4. The zero-order chi connectivity index (χ0) is 17.8. The van der Waals surface area contributed by atoms with Gasteiger partial charge in [0.2, 0.25) is 11.8 Å². The van der Waals surface area contributed by atoms with Crippen molar-refractivity contribution in [3.63, 3.8) is 0 Å². The van der Waals surface area contributed by atoms with Crippen molar-refractivity contribution in [3.05, 3.63) is 36.7 Å². The second-order valence-electron chi connectivity index (χ2n) is 6.48. The zero-order valence-electron chi connectivity index (χ0n) is 14.4. The monoisotopic (exact) mass is 342 g/mol. The topological polar surface area (TPSA) is 87.5 Å². The lowest BCUT2D eigenvalue weighted by atomic mass is 10.0. The Balaban J connectivity index is 1.74. The largest absolute Gasteiger partial charge is 0.445 e. The molecule has 1 unspecified atom stereocenters. The molecule has 0 spiro atoms. The van der Waals surface area contributed by atoms with Crippen LogP contribution >= 0.6 is 0 Å². The Bertz CT molecular complexity index is 743. The van der Waals surface area contributed by atoms with Gasteiger partial charge in [-0.05, 0) is 30.5 Å². The predicted octanol–water partition coefficient (Wildman–Crippen LogP) is 2.72. The number of hydrogen-bond acceptors (Lipinski definition) is 4. The number of nitrogens with zero attached hydrogens (tertiary/aromatic N) is 2. The molecule has 132 valence electrons. The molecule has 7 heteroatoms. The molecule has 7 nitrogen and oxygen atoms in total. The van der Waals surface area contributed by atoms with Crippen LogP contribution in [-0.4, -0.2) is 41.0 Å². The van der Waals surface area contributed by atoms with Gasteiger partial charge in [-0.25, -0.2) is 9.78 Å². The average molecular weight is 342 g/mol. The molecular formula is C18H22N4O3. The Kier molecular flexibility index (Phi) is 5.02. The van der Waals surface area contributed by atoms with Crippen molar-refractivity contribution in [2.45, 2.75) is 26.3 Å². The number of benzene rings is 1. The highest BCUT2D eigenvalue weighted by molar-refractivity contribution is 5.94. The minimum absolute atomic E-state index is 0.0939. The number of nitrogens with one attached hydrogen (secondary N) is 2. The number of amides is 3. The van der Waals surface area contributed by atoms with E-state index in [0.717, 1.165) is 5.56 Å². The fraction of sp³-hybridized carbons (Fsp3) is 0.389. The van der Waals surface area contributed by atoms with Gasteiger partial charge in [-0.3, -0.25) is 4.79 Å². The molecule has 1 aromatic carbocycles. The van der Waals surface area contributed by atoms with Gasteiger partial charge in [0.25, 0.3) is 0 Å². The van der Waals surface area contributed by atoms with Crippen LogP contribution in [0.15, 0.2) is 41.1 Å². The molecule has 3 amide bonds. The molecule has 1 atom stereocenters. The number of piperazine rings is 1. The number of anilines is 1. The minimum Gasteiger partial charge on any atom is -0.445 e. The van der Waals surface area contributed by atoms with E-state index in [0.29, 0.717) is 37.0 Å². The van der Waals surface area contributed by atoms with E-state index in [2.05, 4.69) is 15.6 Å². The summed E-state index contributed by atoms with van der Waals surface area (Å²) in [5.41, 5.74) is 1.41. The molecule has 1 saturated heterocycles. The van der Waals surface area contributed by atoms with Crippen LogP contribution in [0.3, 0.4) is 0 Å². The molecule has 2 heterocycles. The molecule has 0 radical (unpaired) electrons. The predicted molar refractivity (Wildman–Crippen MR) is 93.9 cm³/mol. The van der Waals surface area contributed by atoms with Crippen LogP contribution in [0.4, 0.5) is 10.5 Å². The van der Waals surface area contributed by atoms with Gasteiger partial charge >= 0.3 is 6.03 Å². The SMILES string of the molecule is CC(C)CC1C(=O)NCCN1C(=O)Nc1cccc(-c2ncco2)c1. The maximum Gasteiger partial charge on any atom is 0.322 e. The maximum atomic E-state index is 12.7. The van der Waals surface area contributed by atoms with Gasteiger partial charge in [-0.2, -0.15) is 0 Å². The Morgan fingerprint density at radius 3 is 3.04 bits per heavy atom. The van der Waals surface area contributed by atoms with Crippen molar-refractivity contribution in [2.75, 3.05) is 18.4 Å². The van der Waals surface area contributed by atoms with E-state index in [4.69, 9.17) is 4.42 Å². The van der Waals surface area contributed by atoms with Gasteiger partial charge < -0.3 is 20.0 Å². The number of hydrogen-bond donors (Lipinski definition) is 2. The molecule has 1 aliphatic heterocycles. The molecule has 1 aromatic heterocycles. The van der Waals surface area contributed by atoms with Crippen LogP contribution in [0, 0.1) is 5.92 Å². The molecule has 1 aliphatic rings. The first-order chi connectivity index (χ1) is 12.0. The van der Waals surface area contributed by atoms with Crippen LogP contribution in [0.25, 0.3) is 11.5 Å². The van der Waals surface area contributed by atoms with Crippen molar-refractivity contribution < 1.29 is 14.0 Å².